The number of nitrogens with zero attached hydrogens (tertiary/aromatic N) is 1. The third kappa shape index (κ3) is 2.41. The highest BCUT2D eigenvalue weighted by Crippen LogP contribution is 2.63. The lowest BCUT2D eigenvalue weighted by atomic mass is 9.72. The van der Waals surface area contributed by atoms with Crippen molar-refractivity contribution < 1.29 is 18.7 Å². The molecule has 2 saturated heterocycles. The molecule has 2 heterocycles. The number of halogens is 1. The van der Waals surface area contributed by atoms with Gasteiger partial charge in [0.15, 0.2) is 22.7 Å². The minimum atomic E-state index is -2.31. The zero-order chi connectivity index (χ0) is 19.7. The van der Waals surface area contributed by atoms with Crippen LogP contribution in [0.3, 0.4) is 0 Å². The fraction of sp³-hybridized carbons (Fsp3) is 0.895. The SMILES string of the molecule is CC(C)[Si](O[C@]12CC3(C)OC(O1)[C@@](Cl)(C#N)[C@H]2CC3=O)(C(C)C)C(C)C. The smallest absolute Gasteiger partial charge is 0.204 e. The van der Waals surface area contributed by atoms with Crippen molar-refractivity contribution in [2.24, 2.45) is 5.92 Å². The number of carbonyl (C=O) groups excluding carboxylic acids is 1. The first-order valence-electron chi connectivity index (χ1n) is 9.57. The second-order valence-corrected chi connectivity index (χ2v) is 15.3. The van der Waals surface area contributed by atoms with Gasteiger partial charge in [-0.05, 0) is 23.5 Å². The molecule has 0 N–H and O–H groups in total. The van der Waals surface area contributed by atoms with Gasteiger partial charge in [-0.2, -0.15) is 5.26 Å². The topological polar surface area (TPSA) is 68.6 Å². The van der Waals surface area contributed by atoms with Crippen LogP contribution in [0.4, 0.5) is 0 Å². The third-order valence-corrected chi connectivity index (χ3v) is 13.5. The number of ether oxygens (including phenoxy) is 2. The molecule has 7 heteroatoms. The predicted octanol–water partition coefficient (Wildman–Crippen LogP) is 4.50. The van der Waals surface area contributed by atoms with E-state index in [4.69, 9.17) is 25.5 Å². The van der Waals surface area contributed by atoms with Gasteiger partial charge in [-0.1, -0.05) is 53.1 Å². The summed E-state index contributed by atoms with van der Waals surface area (Å²) in [4.78, 5) is 11.3. The molecule has 2 unspecified atom stereocenters. The fourth-order valence-corrected chi connectivity index (χ4v) is 11.5. The van der Waals surface area contributed by atoms with Crippen LogP contribution >= 0.6 is 11.6 Å². The maximum atomic E-state index is 12.7. The lowest BCUT2D eigenvalue weighted by Crippen LogP contribution is -2.64. The Morgan fingerprint density at radius 1 is 1.19 bits per heavy atom. The Labute approximate surface area is 162 Å². The van der Waals surface area contributed by atoms with Crippen LogP contribution in [0, 0.1) is 17.2 Å². The number of hydrogen-bond acceptors (Lipinski definition) is 5. The van der Waals surface area contributed by atoms with E-state index in [-0.39, 0.29) is 12.2 Å². The zero-order valence-corrected chi connectivity index (χ0v) is 18.5. The molecule has 0 aromatic heterocycles. The molecule has 146 valence electrons. The Kier molecular flexibility index (Phi) is 4.70. The Bertz CT molecular complexity index is 641. The van der Waals surface area contributed by atoms with E-state index in [9.17, 15) is 10.1 Å². The summed E-state index contributed by atoms with van der Waals surface area (Å²) in [6.07, 6.45) is -0.484. The molecular weight excluding hydrogens is 370 g/mol. The molecule has 2 aliphatic heterocycles. The van der Waals surface area contributed by atoms with Gasteiger partial charge in [0.2, 0.25) is 8.32 Å². The number of Topliss-reactive ketones (excluding diaryl/α,β-unsaturated/α-hetero) is 1. The third-order valence-electron chi connectivity index (χ3n) is 6.85. The van der Waals surface area contributed by atoms with Gasteiger partial charge in [-0.3, -0.25) is 4.79 Å². The maximum Gasteiger partial charge on any atom is 0.204 e. The van der Waals surface area contributed by atoms with Crippen LogP contribution in [0.25, 0.3) is 0 Å². The first-order chi connectivity index (χ1) is 11.9. The van der Waals surface area contributed by atoms with E-state index in [1.165, 1.54) is 0 Å². The largest absolute Gasteiger partial charge is 0.389 e. The van der Waals surface area contributed by atoms with Crippen LogP contribution < -0.4 is 0 Å². The summed E-state index contributed by atoms with van der Waals surface area (Å²) in [5.41, 5.74) is 0.0708. The molecule has 5 nitrogen and oxygen atoms in total. The quantitative estimate of drug-likeness (QED) is 0.502. The standard InChI is InChI=1S/C19H30ClNO4Si/c1-11(2)26(12(3)4,13(5)6)25-19-9-17(7)15(22)8-14(19)18(20,10-21)16(23-17)24-19/h11-14,16H,8-9H2,1-7H3/t14-,16?,17?,18-,19+/m1/s1. The van der Waals surface area contributed by atoms with Gasteiger partial charge in [-0.15, -0.1) is 0 Å². The molecule has 3 fully saturated rings. The minimum absolute atomic E-state index is 0.0151. The van der Waals surface area contributed by atoms with Gasteiger partial charge in [-0.25, -0.2) is 0 Å². The van der Waals surface area contributed by atoms with Crippen molar-refractivity contribution in [2.45, 2.75) is 100 Å². The summed E-state index contributed by atoms with van der Waals surface area (Å²) in [6, 6.07) is 2.17. The number of carbonyl (C=O) groups is 1. The highest BCUT2D eigenvalue weighted by molar-refractivity contribution is 6.77. The first-order valence-corrected chi connectivity index (χ1v) is 12.1. The van der Waals surface area contributed by atoms with Crippen LogP contribution in [-0.4, -0.2) is 36.7 Å². The number of alkyl halides is 1. The van der Waals surface area contributed by atoms with Crippen LogP contribution in [0.2, 0.25) is 16.6 Å². The maximum absolute atomic E-state index is 12.7. The van der Waals surface area contributed by atoms with Gasteiger partial charge in [0.05, 0.1) is 12.0 Å². The predicted molar refractivity (Wildman–Crippen MR) is 101 cm³/mol. The van der Waals surface area contributed by atoms with E-state index in [2.05, 4.69) is 47.6 Å². The normalized spacial score (nSPS) is 42.2. The van der Waals surface area contributed by atoms with Crippen molar-refractivity contribution >= 4 is 25.7 Å². The van der Waals surface area contributed by atoms with Crippen molar-refractivity contribution in [3.63, 3.8) is 0 Å². The highest BCUT2D eigenvalue weighted by Gasteiger charge is 2.76. The van der Waals surface area contributed by atoms with E-state index >= 15 is 0 Å². The van der Waals surface area contributed by atoms with Gasteiger partial charge in [0.1, 0.15) is 5.60 Å². The van der Waals surface area contributed by atoms with Crippen LogP contribution in [-0.2, 0) is 18.7 Å². The summed E-state index contributed by atoms with van der Waals surface area (Å²) in [6.45, 7) is 15.0. The monoisotopic (exact) mass is 399 g/mol. The number of fused-ring (bicyclic) bond motifs is 2. The number of hydrogen-bond donors (Lipinski definition) is 0. The Morgan fingerprint density at radius 2 is 1.73 bits per heavy atom. The van der Waals surface area contributed by atoms with E-state index in [1.54, 1.807) is 6.92 Å². The van der Waals surface area contributed by atoms with E-state index in [0.717, 1.165) is 0 Å². The summed E-state index contributed by atoms with van der Waals surface area (Å²) in [5, 5.41) is 9.81. The van der Waals surface area contributed by atoms with Crippen molar-refractivity contribution in [1.82, 2.24) is 0 Å². The molecule has 1 aliphatic carbocycles. The molecule has 0 aromatic carbocycles. The first kappa shape index (κ1) is 20.3. The molecule has 3 aliphatic rings. The molecule has 5 atom stereocenters. The molecule has 0 amide bonds. The summed E-state index contributed by atoms with van der Waals surface area (Å²) < 4.78 is 19.2. The molecule has 0 spiro atoms. The lowest BCUT2D eigenvalue weighted by Gasteiger charge is -2.54. The average molecular weight is 400 g/mol. The van der Waals surface area contributed by atoms with Crippen molar-refractivity contribution in [3.8, 4) is 6.07 Å². The van der Waals surface area contributed by atoms with Gasteiger partial charge in [0.25, 0.3) is 0 Å². The minimum Gasteiger partial charge on any atom is -0.389 e. The highest BCUT2D eigenvalue weighted by atomic mass is 35.5. The van der Waals surface area contributed by atoms with Crippen molar-refractivity contribution in [1.29, 1.82) is 5.26 Å². The molecule has 0 radical (unpaired) electrons. The van der Waals surface area contributed by atoms with E-state index in [0.29, 0.717) is 23.0 Å². The van der Waals surface area contributed by atoms with Crippen molar-refractivity contribution in [2.75, 3.05) is 0 Å². The second kappa shape index (κ2) is 6.02. The van der Waals surface area contributed by atoms with Crippen LogP contribution in [0.1, 0.15) is 61.3 Å². The molecule has 3 rings (SSSR count). The zero-order valence-electron chi connectivity index (χ0n) is 16.8. The number of rotatable bonds is 5. The van der Waals surface area contributed by atoms with E-state index < -0.39 is 36.8 Å². The van der Waals surface area contributed by atoms with E-state index in [1.807, 2.05) is 0 Å². The summed E-state index contributed by atoms with van der Waals surface area (Å²) in [7, 11) is -2.31. The molecular formula is C19H30ClNO4Si. The van der Waals surface area contributed by atoms with Gasteiger partial charge < -0.3 is 13.9 Å². The number of nitriles is 1. The molecule has 1 saturated carbocycles. The average Bonchev–Trinajstić information content (AvgIpc) is 2.66. The molecule has 26 heavy (non-hydrogen) atoms. The van der Waals surface area contributed by atoms with Gasteiger partial charge >= 0.3 is 0 Å². The number of ketones is 1. The Hall–Kier alpha value is -0.453. The van der Waals surface area contributed by atoms with Crippen LogP contribution in [0.15, 0.2) is 0 Å². The molecule has 3 bridgehead atoms. The van der Waals surface area contributed by atoms with Crippen molar-refractivity contribution in [3.05, 3.63) is 0 Å². The van der Waals surface area contributed by atoms with Crippen LogP contribution in [0.5, 0.6) is 0 Å². The summed E-state index contributed by atoms with van der Waals surface area (Å²) >= 11 is 6.71. The lowest BCUT2D eigenvalue weighted by molar-refractivity contribution is -0.338. The summed E-state index contributed by atoms with van der Waals surface area (Å²) in [5.74, 6) is -1.55. The Morgan fingerprint density at radius 3 is 2.19 bits per heavy atom. The van der Waals surface area contributed by atoms with Gasteiger partial charge in [0, 0.05) is 12.8 Å². The second-order valence-electron chi connectivity index (χ2n) is 9.27. The fourth-order valence-electron chi connectivity index (χ4n) is 5.64. The molecule has 0 aromatic rings. The Balaban J connectivity index is 2.12.